The number of rotatable bonds is 19. The second-order valence-corrected chi connectivity index (χ2v) is 61.6. The zero-order valence-corrected chi connectivity index (χ0v) is 108. The molecular formula is C126H255N11O9S. The Labute approximate surface area is 918 Å². The largest absolute Gasteiger partial charge is 0.378 e. The molecule has 874 valence electrons. The molecule has 0 unspecified atom stereocenters. The van der Waals surface area contributed by atoms with Gasteiger partial charge in [0, 0.05) is 195 Å². The molecule has 0 radical (unpaired) electrons. The molecule has 5 saturated carbocycles. The number of hydrogen-bond acceptors (Lipinski definition) is 16. The van der Waals surface area contributed by atoms with Gasteiger partial charge in [0.15, 0.2) is 0 Å². The van der Waals surface area contributed by atoms with Gasteiger partial charge in [-0.05, 0) is 239 Å². The minimum Gasteiger partial charge on any atom is -0.378 e. The highest BCUT2D eigenvalue weighted by Gasteiger charge is 2.35. The zero-order valence-electron chi connectivity index (χ0n) is 107. The van der Waals surface area contributed by atoms with Crippen LogP contribution in [0.1, 0.15) is 518 Å². The van der Waals surface area contributed by atoms with Gasteiger partial charge in [0.05, 0.1) is 13.2 Å². The number of nitrogens with zero attached hydrogens (tertiary/aromatic N) is 5. The van der Waals surface area contributed by atoms with Crippen LogP contribution in [0.25, 0.3) is 0 Å². The Morgan fingerprint density at radius 3 is 1.09 bits per heavy atom. The van der Waals surface area contributed by atoms with Gasteiger partial charge in [-0.15, -0.1) is 0 Å². The Morgan fingerprint density at radius 1 is 0.374 bits per heavy atom. The van der Waals surface area contributed by atoms with Crippen LogP contribution in [0.4, 0.5) is 0 Å². The molecule has 0 atom stereocenters. The lowest BCUT2D eigenvalue weighted by atomic mass is 9.80. The lowest BCUT2D eigenvalue weighted by molar-refractivity contribution is -0.143. The maximum absolute atomic E-state index is 11.8. The summed E-state index contributed by atoms with van der Waals surface area (Å²) >= 11 is 1.93. The van der Waals surface area contributed by atoms with Gasteiger partial charge >= 0.3 is 0 Å². The third-order valence-electron chi connectivity index (χ3n) is 25.5. The molecule has 21 heteroatoms. The molecule has 0 bridgehead atoms. The number of carbonyl (C=O) groups excluding carboxylic acids is 8. The first-order chi connectivity index (χ1) is 66.6. The van der Waals surface area contributed by atoms with E-state index in [9.17, 15) is 38.4 Å². The molecule has 4 aliphatic heterocycles. The van der Waals surface area contributed by atoms with Gasteiger partial charge in [0.2, 0.25) is 29.5 Å². The van der Waals surface area contributed by atoms with Crippen molar-refractivity contribution in [1.29, 1.82) is 0 Å². The number of morpholine rings is 1. The molecule has 147 heavy (non-hydrogen) atoms. The van der Waals surface area contributed by atoms with Crippen molar-refractivity contribution in [2.24, 2.45) is 84.2 Å². The van der Waals surface area contributed by atoms with E-state index in [-0.39, 0.29) is 83.6 Å². The number of likely N-dealkylation sites (N-methyl/N-ethyl adjacent to an activating group) is 1. The van der Waals surface area contributed by atoms with Gasteiger partial charge in [-0.25, -0.2) is 0 Å². The molecule has 9 fully saturated rings. The standard InChI is InChI=1S/2C12H22O.C12H24.C11H22O.C10H20N2O.C9H18N2O.C9H17NO2.C9H17NOS.C9H17NO.C9H19N.3C8H19N/c1-12(2,3)9-11(13)8-10-6-4-5-7-10;1-12(2,3)9-11(13)10-7-5-4-6-8-10;1-12(2,3)10-9-11-7-5-4-6-8-11;1-9(2)6-7-10(12)8-11(3,4)5;1-10(2,3)9(13)12-7-5-11(4)6-8-12;1-9(2,3)8(12)11-6-4-10-5-7-11;2*1-9(2,3)8(11)10-4-6-12-7-5-10;1-9(2,3)8(11)10-6-7-4-5-7;1-9(2,3)10-8-6-4-5-7-8;1-7(2)6-9-8(3,4)5;1-7(2,3)9-8(4,5)6;1-5-6-7-9-8(2,3)4/h2*10H,4-9H2,1-3H3;11H,4-10H2,1-3H3;9H,6-8H2,1-5H3;5-8H2,1-4H3;10H,4-7H2,1-3H3;2*4-7H2,1-3H3;7H,4-6H2,1-3H3,(H,10,11);8,10H,4-7H2,1-3H3;7,9H,6H2,1-5H3;9H,1-6H3;9H,5-7H2,1-4H3. The normalized spacial score (nSPS) is 18.0. The monoisotopic (exact) mass is 2100 g/mol. The first kappa shape index (κ1) is 150. The molecule has 0 aromatic rings. The van der Waals surface area contributed by atoms with Crippen molar-refractivity contribution in [3.05, 3.63) is 0 Å². The molecule has 6 N–H and O–H groups in total. The highest BCUT2D eigenvalue weighted by Crippen LogP contribution is 2.35. The molecule has 4 heterocycles. The minimum atomic E-state index is -0.253. The molecule has 5 amide bonds. The summed E-state index contributed by atoms with van der Waals surface area (Å²) in [5.41, 5.74) is 1.29. The van der Waals surface area contributed by atoms with E-state index in [0.717, 1.165) is 191 Å². The van der Waals surface area contributed by atoms with Crippen LogP contribution in [0.15, 0.2) is 0 Å². The Bertz CT molecular complexity index is 3300. The molecular weight excluding hydrogens is 1840 g/mol. The van der Waals surface area contributed by atoms with E-state index in [1.165, 1.54) is 141 Å². The molecule has 4 saturated heterocycles. The number of ketones is 3. The fourth-order valence-electron chi connectivity index (χ4n) is 17.6. The zero-order chi connectivity index (χ0) is 115. The molecule has 0 aromatic heterocycles. The fourth-order valence-corrected chi connectivity index (χ4v) is 18.5. The van der Waals surface area contributed by atoms with Gasteiger partial charge in [0.25, 0.3) is 0 Å². The van der Waals surface area contributed by atoms with E-state index < -0.39 is 0 Å². The molecule has 20 nitrogen and oxygen atoms in total. The Hall–Kier alpha value is -3.57. The summed E-state index contributed by atoms with van der Waals surface area (Å²) in [4.78, 5) is 103. The first-order valence-corrected chi connectivity index (χ1v) is 60.4. The number of piperazine rings is 2. The van der Waals surface area contributed by atoms with E-state index in [1.54, 1.807) is 0 Å². The maximum Gasteiger partial charge on any atom is 0.228 e. The Balaban J connectivity index is -0.000000755. The van der Waals surface area contributed by atoms with Crippen LogP contribution < -0.4 is 31.9 Å². The third-order valence-corrected chi connectivity index (χ3v) is 26.4. The summed E-state index contributed by atoms with van der Waals surface area (Å²) in [6.45, 7) is 115. The topological polar surface area (TPSA) is 234 Å². The van der Waals surface area contributed by atoms with Crippen molar-refractivity contribution in [3.63, 3.8) is 0 Å². The number of amides is 5. The van der Waals surface area contributed by atoms with Crippen molar-refractivity contribution in [3.8, 4) is 0 Å². The van der Waals surface area contributed by atoms with Crippen molar-refractivity contribution in [2.45, 2.75) is 552 Å². The molecule has 9 rings (SSSR count). The Morgan fingerprint density at radius 2 is 0.748 bits per heavy atom. The number of unbranched alkanes of at least 4 members (excludes halogenated alkanes) is 1. The quantitative estimate of drug-likeness (QED) is 0.0660. The Kier molecular flexibility index (Phi) is 74.4. The molecule has 5 aliphatic carbocycles. The number of thioether (sulfide) groups is 1. The SMILES string of the molecule is CC(C)(C)C(=O)N1CCNCC1.CC(C)(C)C(=O)N1CCOCC1.CC(C)(C)C(=O)N1CCSCC1.CC(C)(C)C(=O)NCC1CC1.CC(C)(C)CC(=O)C1CCCCC1.CC(C)(C)CC(=O)CC1CCCC1.CC(C)(C)CCC1CCCCC1.CC(C)(C)NC(C)(C)C.CC(C)(C)NC1CCCC1.CC(C)CCC(=O)CC(C)(C)C.CC(C)CNC(C)(C)C.CCCCNC(C)(C)C.CN1CCN(C(=O)C(C)(C)C)CC1. The lowest BCUT2D eigenvalue weighted by Crippen LogP contribution is -2.50. The van der Waals surface area contributed by atoms with Gasteiger partial charge in [-0.1, -0.05) is 318 Å². The van der Waals surface area contributed by atoms with Crippen LogP contribution in [-0.2, 0) is 43.1 Å². The highest BCUT2D eigenvalue weighted by molar-refractivity contribution is 7.99. The predicted molar refractivity (Wildman–Crippen MR) is 641 cm³/mol. The lowest BCUT2D eigenvalue weighted by Gasteiger charge is -2.36. The van der Waals surface area contributed by atoms with Gasteiger partial charge in [-0.3, -0.25) is 38.4 Å². The minimum absolute atomic E-state index is 0.161. The summed E-state index contributed by atoms with van der Waals surface area (Å²) < 4.78 is 5.17. The van der Waals surface area contributed by atoms with Crippen molar-refractivity contribution < 1.29 is 43.1 Å². The van der Waals surface area contributed by atoms with Crippen molar-refractivity contribution in [2.75, 3.05) is 130 Å². The van der Waals surface area contributed by atoms with Crippen LogP contribution in [-0.4, -0.2) is 235 Å². The number of hydrogen-bond donors (Lipinski definition) is 6. The van der Waals surface area contributed by atoms with Crippen LogP contribution in [0.2, 0.25) is 0 Å². The average molecular weight is 2100 g/mol. The van der Waals surface area contributed by atoms with Crippen molar-refractivity contribution >= 4 is 58.6 Å². The van der Waals surface area contributed by atoms with Gasteiger partial charge in [0.1, 0.15) is 17.3 Å². The van der Waals surface area contributed by atoms with Crippen LogP contribution >= 0.6 is 11.8 Å². The number of nitrogens with one attached hydrogen (secondary N) is 6. The highest BCUT2D eigenvalue weighted by atomic mass is 32.2. The molecule has 9 aliphatic rings. The van der Waals surface area contributed by atoms with Crippen LogP contribution in [0, 0.1) is 84.2 Å². The second-order valence-electron chi connectivity index (χ2n) is 60.4. The van der Waals surface area contributed by atoms with Gasteiger partial charge < -0.3 is 61.1 Å². The third kappa shape index (κ3) is 95.6. The van der Waals surface area contributed by atoms with Crippen LogP contribution in [0.5, 0.6) is 0 Å². The van der Waals surface area contributed by atoms with E-state index in [1.807, 2.05) is 135 Å². The summed E-state index contributed by atoms with van der Waals surface area (Å²) in [5, 5.41) is 20.1. The fraction of sp³-hybridized carbons (Fsp3) is 0.937. The maximum atomic E-state index is 11.8. The molecule has 0 spiro atoms. The van der Waals surface area contributed by atoms with E-state index in [0.29, 0.717) is 64.8 Å². The summed E-state index contributed by atoms with van der Waals surface area (Å²) in [7, 11) is 2.10. The summed E-state index contributed by atoms with van der Waals surface area (Å²) in [6, 6.07) is 0.806. The predicted octanol–water partition coefficient (Wildman–Crippen LogP) is 29.0. The second kappa shape index (κ2) is 73.1. The molecule has 0 aromatic carbocycles. The first-order valence-electron chi connectivity index (χ1n) is 59.2. The van der Waals surface area contributed by atoms with Crippen molar-refractivity contribution in [1.82, 2.24) is 56.4 Å². The smallest absolute Gasteiger partial charge is 0.228 e. The van der Waals surface area contributed by atoms with E-state index in [4.69, 9.17) is 4.74 Å². The number of ether oxygens (including phenoxy) is 1. The van der Waals surface area contributed by atoms with Crippen LogP contribution in [0.3, 0.4) is 0 Å². The number of carbonyl (C=O) groups is 8. The van der Waals surface area contributed by atoms with E-state index in [2.05, 4.69) is 265 Å². The summed E-state index contributed by atoms with van der Waals surface area (Å²) in [6.07, 6.45) is 37.5. The van der Waals surface area contributed by atoms with E-state index >= 15 is 0 Å². The van der Waals surface area contributed by atoms with Gasteiger partial charge in [-0.2, -0.15) is 11.8 Å². The number of Topliss-reactive ketones (excluding diaryl/α,β-unsaturated/α-hetero) is 3. The average Bonchev–Trinajstić information content (AvgIpc) is 1.76. The summed E-state index contributed by atoms with van der Waals surface area (Å²) in [5.74, 6) is 9.19.